The first-order valence-electron chi connectivity index (χ1n) is 6.84. The lowest BCUT2D eigenvalue weighted by atomic mass is 9.83. The van der Waals surface area contributed by atoms with Gasteiger partial charge in [0.15, 0.2) is 0 Å². The molecule has 0 radical (unpaired) electrons. The number of nitrogens with one attached hydrogen (secondary N) is 1. The van der Waals surface area contributed by atoms with Crippen LogP contribution >= 0.6 is 0 Å². The minimum Gasteiger partial charge on any atom is -0.393 e. The van der Waals surface area contributed by atoms with E-state index in [0.717, 1.165) is 25.7 Å². The normalized spacial score (nSPS) is 40.7. The van der Waals surface area contributed by atoms with Gasteiger partial charge in [0.05, 0.1) is 24.7 Å². The van der Waals surface area contributed by atoms with Crippen molar-refractivity contribution in [2.75, 3.05) is 19.8 Å². The number of aliphatic hydroxyl groups is 1. The maximum Gasteiger partial charge on any atom is 0.229 e. The molecule has 2 aliphatic rings. The van der Waals surface area contributed by atoms with Crippen LogP contribution in [-0.4, -0.2) is 42.9 Å². The first-order chi connectivity index (χ1) is 8.54. The Morgan fingerprint density at radius 1 is 1.50 bits per heavy atom. The predicted molar refractivity (Wildman–Crippen MR) is 67.9 cm³/mol. The van der Waals surface area contributed by atoms with Gasteiger partial charge < -0.3 is 20.9 Å². The Hall–Kier alpha value is -0.650. The number of rotatable bonds is 3. The smallest absolute Gasteiger partial charge is 0.229 e. The molecule has 0 bridgehead atoms. The summed E-state index contributed by atoms with van der Waals surface area (Å²) in [5, 5.41) is 12.8. The molecule has 104 valence electrons. The number of carbonyl (C=O) groups excluding carboxylic acids is 1. The van der Waals surface area contributed by atoms with E-state index in [1.807, 2.05) is 6.92 Å². The maximum atomic E-state index is 12.2. The van der Waals surface area contributed by atoms with Crippen LogP contribution in [0.2, 0.25) is 0 Å². The van der Waals surface area contributed by atoms with Gasteiger partial charge in [-0.05, 0) is 19.8 Å². The number of hydrogen-bond donors (Lipinski definition) is 3. The molecule has 4 unspecified atom stereocenters. The zero-order valence-corrected chi connectivity index (χ0v) is 11.0. The molecule has 5 heteroatoms. The molecule has 0 spiro atoms. The number of hydrogen-bond acceptors (Lipinski definition) is 4. The van der Waals surface area contributed by atoms with E-state index in [4.69, 9.17) is 10.5 Å². The molecule has 1 amide bonds. The van der Waals surface area contributed by atoms with Crippen LogP contribution in [-0.2, 0) is 9.53 Å². The third-order valence-corrected chi connectivity index (χ3v) is 4.43. The summed E-state index contributed by atoms with van der Waals surface area (Å²) in [5.74, 6) is 0.134. The first kappa shape index (κ1) is 13.8. The largest absolute Gasteiger partial charge is 0.393 e. The lowest BCUT2D eigenvalue weighted by molar-refractivity contribution is -0.131. The molecule has 0 aromatic carbocycles. The molecule has 2 fully saturated rings. The van der Waals surface area contributed by atoms with Crippen LogP contribution in [0.4, 0.5) is 0 Å². The van der Waals surface area contributed by atoms with Gasteiger partial charge >= 0.3 is 0 Å². The fraction of sp³-hybridized carbons (Fsp3) is 0.923. The van der Waals surface area contributed by atoms with Gasteiger partial charge in [-0.3, -0.25) is 4.79 Å². The van der Waals surface area contributed by atoms with E-state index < -0.39 is 5.41 Å². The van der Waals surface area contributed by atoms with Crippen molar-refractivity contribution in [1.82, 2.24) is 5.32 Å². The summed E-state index contributed by atoms with van der Waals surface area (Å²) in [5.41, 5.74) is 5.29. The Bertz CT molecular complexity index is 311. The minimum atomic E-state index is -0.625. The molecule has 0 aromatic rings. The molecule has 1 saturated heterocycles. The van der Waals surface area contributed by atoms with Crippen LogP contribution in [0.25, 0.3) is 0 Å². The van der Waals surface area contributed by atoms with Crippen molar-refractivity contribution in [2.24, 2.45) is 17.1 Å². The zero-order valence-electron chi connectivity index (χ0n) is 11.0. The maximum absolute atomic E-state index is 12.2. The Morgan fingerprint density at radius 3 is 2.83 bits per heavy atom. The lowest BCUT2D eigenvalue weighted by Gasteiger charge is -2.30. The number of carbonyl (C=O) groups is 1. The third kappa shape index (κ3) is 2.68. The highest BCUT2D eigenvalue weighted by Gasteiger charge is 2.44. The van der Waals surface area contributed by atoms with Crippen LogP contribution in [0.15, 0.2) is 0 Å². The lowest BCUT2D eigenvalue weighted by Crippen LogP contribution is -2.51. The van der Waals surface area contributed by atoms with Crippen molar-refractivity contribution >= 4 is 5.91 Å². The molecular weight excluding hydrogens is 232 g/mol. The van der Waals surface area contributed by atoms with Crippen molar-refractivity contribution in [3.8, 4) is 0 Å². The molecule has 1 heterocycles. The summed E-state index contributed by atoms with van der Waals surface area (Å²) in [7, 11) is 0. The molecule has 4 atom stereocenters. The number of nitrogens with two attached hydrogens (primary N) is 1. The quantitative estimate of drug-likeness (QED) is 0.664. The second-order valence-corrected chi connectivity index (χ2v) is 5.86. The minimum absolute atomic E-state index is 0.0507. The van der Waals surface area contributed by atoms with Crippen LogP contribution in [0.5, 0.6) is 0 Å². The van der Waals surface area contributed by atoms with Gasteiger partial charge in [-0.15, -0.1) is 0 Å². The van der Waals surface area contributed by atoms with E-state index in [1.54, 1.807) is 0 Å². The number of aliphatic hydroxyl groups excluding tert-OH is 1. The van der Waals surface area contributed by atoms with Gasteiger partial charge in [-0.1, -0.05) is 12.8 Å². The molecule has 1 saturated carbocycles. The van der Waals surface area contributed by atoms with Crippen LogP contribution in [0.1, 0.15) is 32.6 Å². The van der Waals surface area contributed by atoms with E-state index in [9.17, 15) is 9.90 Å². The topological polar surface area (TPSA) is 84.6 Å². The van der Waals surface area contributed by atoms with E-state index in [-0.39, 0.29) is 24.0 Å². The van der Waals surface area contributed by atoms with Gasteiger partial charge in [0.1, 0.15) is 0 Å². The van der Waals surface area contributed by atoms with Crippen LogP contribution in [0.3, 0.4) is 0 Å². The van der Waals surface area contributed by atoms with Gasteiger partial charge in [0.25, 0.3) is 0 Å². The van der Waals surface area contributed by atoms with Gasteiger partial charge in [-0.2, -0.15) is 0 Å². The Kier molecular flexibility index (Phi) is 4.25. The highest BCUT2D eigenvalue weighted by Crippen LogP contribution is 2.28. The monoisotopic (exact) mass is 256 g/mol. The first-order valence-corrected chi connectivity index (χ1v) is 6.84. The van der Waals surface area contributed by atoms with Crippen LogP contribution < -0.4 is 11.1 Å². The summed E-state index contributed by atoms with van der Waals surface area (Å²) in [6, 6.07) is -0.242. The second kappa shape index (κ2) is 5.55. The van der Waals surface area contributed by atoms with E-state index >= 15 is 0 Å². The summed E-state index contributed by atoms with van der Waals surface area (Å²) >= 11 is 0. The number of amides is 1. The van der Waals surface area contributed by atoms with Gasteiger partial charge in [-0.25, -0.2) is 0 Å². The summed E-state index contributed by atoms with van der Waals surface area (Å²) in [6.07, 6.45) is 3.78. The molecule has 18 heavy (non-hydrogen) atoms. The summed E-state index contributed by atoms with van der Waals surface area (Å²) in [6.45, 7) is 3.21. The fourth-order valence-corrected chi connectivity index (χ4v) is 2.77. The van der Waals surface area contributed by atoms with Crippen molar-refractivity contribution < 1.29 is 14.6 Å². The predicted octanol–water partition coefficient (Wildman–Crippen LogP) is 0.0175. The molecule has 2 rings (SSSR count). The third-order valence-electron chi connectivity index (χ3n) is 4.43. The van der Waals surface area contributed by atoms with E-state index in [2.05, 4.69) is 5.32 Å². The standard InChI is InChI=1S/C13H24N2O3/c1-13(8-18-7-11(13)14)12(17)15-6-9-4-2-3-5-10(9)16/h9-11,16H,2-8,14H2,1H3,(H,15,17). The zero-order chi connectivity index (χ0) is 13.2. The van der Waals surface area contributed by atoms with Gasteiger partial charge in [0, 0.05) is 18.5 Å². The highest BCUT2D eigenvalue weighted by molar-refractivity contribution is 5.83. The second-order valence-electron chi connectivity index (χ2n) is 5.86. The Labute approximate surface area is 108 Å². The van der Waals surface area contributed by atoms with Crippen molar-refractivity contribution in [2.45, 2.75) is 44.8 Å². The summed E-state index contributed by atoms with van der Waals surface area (Å²) in [4.78, 5) is 12.2. The highest BCUT2D eigenvalue weighted by atomic mass is 16.5. The summed E-state index contributed by atoms with van der Waals surface area (Å²) < 4.78 is 5.27. The van der Waals surface area contributed by atoms with Crippen molar-refractivity contribution in [1.29, 1.82) is 0 Å². The molecule has 1 aliphatic heterocycles. The molecule has 0 aromatic heterocycles. The Balaban J connectivity index is 1.84. The van der Waals surface area contributed by atoms with E-state index in [1.165, 1.54) is 0 Å². The van der Waals surface area contributed by atoms with Crippen LogP contribution in [0, 0.1) is 11.3 Å². The molecule has 4 N–H and O–H groups in total. The van der Waals surface area contributed by atoms with Crippen molar-refractivity contribution in [3.63, 3.8) is 0 Å². The SMILES string of the molecule is CC1(C(=O)NCC2CCCCC2O)COCC1N. The van der Waals surface area contributed by atoms with Gasteiger partial charge in [0.2, 0.25) is 5.91 Å². The molecule has 1 aliphatic carbocycles. The molecule has 5 nitrogen and oxygen atoms in total. The fourth-order valence-electron chi connectivity index (χ4n) is 2.77. The van der Waals surface area contributed by atoms with E-state index in [0.29, 0.717) is 19.8 Å². The van der Waals surface area contributed by atoms with Crippen molar-refractivity contribution in [3.05, 3.63) is 0 Å². The Morgan fingerprint density at radius 2 is 2.22 bits per heavy atom. The molecular formula is C13H24N2O3. The average molecular weight is 256 g/mol. The average Bonchev–Trinajstić information content (AvgIpc) is 2.69. The number of ether oxygens (including phenoxy) is 1.